The first-order valence-corrected chi connectivity index (χ1v) is 13.9. The summed E-state index contributed by atoms with van der Waals surface area (Å²) in [4.78, 5) is 33.2. The SMILES string of the molecule is COCCN(CC(=O)N(CCc1c[nH]c2ccccc12)Cc1ccc(C(F)(F)F)cc1)C(=O)Nc1cc(OC)cc(OC)c1. The van der Waals surface area contributed by atoms with Crippen molar-refractivity contribution < 1.29 is 37.0 Å². The van der Waals surface area contributed by atoms with E-state index in [-0.39, 0.29) is 38.7 Å². The Balaban J connectivity index is 1.54. The number of rotatable bonds is 13. The molecule has 3 amide bonds. The van der Waals surface area contributed by atoms with E-state index in [0.29, 0.717) is 29.2 Å². The van der Waals surface area contributed by atoms with Gasteiger partial charge in [-0.2, -0.15) is 13.2 Å². The molecule has 0 radical (unpaired) electrons. The molecule has 3 aromatic carbocycles. The Labute approximate surface area is 253 Å². The van der Waals surface area contributed by atoms with Gasteiger partial charge in [-0.05, 0) is 35.7 Å². The number of aromatic amines is 1. The number of methoxy groups -OCH3 is 3. The Morgan fingerprint density at radius 1 is 0.886 bits per heavy atom. The summed E-state index contributed by atoms with van der Waals surface area (Å²) in [6.07, 6.45) is -2.10. The number of carbonyl (C=O) groups excluding carboxylic acids is 2. The first-order valence-electron chi connectivity index (χ1n) is 13.9. The molecule has 4 aromatic rings. The van der Waals surface area contributed by atoms with Crippen molar-refractivity contribution in [2.75, 3.05) is 52.9 Å². The van der Waals surface area contributed by atoms with E-state index in [2.05, 4.69) is 10.3 Å². The number of carbonyl (C=O) groups is 2. The summed E-state index contributed by atoms with van der Waals surface area (Å²) in [5, 5.41) is 3.80. The number of halogens is 3. The zero-order valence-electron chi connectivity index (χ0n) is 24.7. The summed E-state index contributed by atoms with van der Waals surface area (Å²) in [6.45, 7) is 0.341. The normalized spacial score (nSPS) is 11.3. The zero-order chi connectivity index (χ0) is 31.7. The highest BCUT2D eigenvalue weighted by Crippen LogP contribution is 2.29. The summed E-state index contributed by atoms with van der Waals surface area (Å²) >= 11 is 0. The molecule has 2 N–H and O–H groups in total. The molecule has 0 aliphatic heterocycles. The number of anilines is 1. The second-order valence-corrected chi connectivity index (χ2v) is 10.1. The van der Waals surface area contributed by atoms with Gasteiger partial charge in [0.05, 0.1) is 26.4 Å². The second kappa shape index (κ2) is 14.6. The molecule has 234 valence electrons. The summed E-state index contributed by atoms with van der Waals surface area (Å²) in [7, 11) is 4.47. The minimum absolute atomic E-state index is 0.0617. The third kappa shape index (κ3) is 8.44. The standard InChI is InChI=1S/C32H35F3N4O5/c1-42-15-14-39(31(41)37-25-16-26(43-2)18-27(17-25)44-3)21-30(40)38(20-22-8-10-24(11-9-22)32(33,34)35)13-12-23-19-36-29-7-5-4-6-28(23)29/h4-11,16-19,36H,12-15,20-21H2,1-3H3,(H,37,41). The molecular formula is C32H35F3N4O5. The lowest BCUT2D eigenvalue weighted by atomic mass is 10.1. The lowest BCUT2D eigenvalue weighted by Crippen LogP contribution is -2.46. The van der Waals surface area contributed by atoms with Crippen molar-refractivity contribution in [1.29, 1.82) is 0 Å². The van der Waals surface area contributed by atoms with Gasteiger partial charge < -0.3 is 34.3 Å². The lowest BCUT2D eigenvalue weighted by molar-refractivity contribution is -0.137. The average molecular weight is 613 g/mol. The van der Waals surface area contributed by atoms with Crippen LogP contribution in [0.25, 0.3) is 10.9 Å². The monoisotopic (exact) mass is 612 g/mol. The molecule has 0 spiro atoms. The van der Waals surface area contributed by atoms with Gasteiger partial charge in [0.1, 0.15) is 18.0 Å². The molecule has 9 nitrogen and oxygen atoms in total. The minimum atomic E-state index is -4.47. The molecule has 12 heteroatoms. The fourth-order valence-corrected chi connectivity index (χ4v) is 4.70. The molecule has 0 bridgehead atoms. The maximum Gasteiger partial charge on any atom is 0.416 e. The Bertz CT molecular complexity index is 1530. The minimum Gasteiger partial charge on any atom is -0.497 e. The van der Waals surface area contributed by atoms with E-state index in [4.69, 9.17) is 14.2 Å². The number of amides is 3. The number of para-hydroxylation sites is 1. The number of hydrogen-bond donors (Lipinski definition) is 2. The van der Waals surface area contributed by atoms with E-state index < -0.39 is 17.8 Å². The maximum atomic E-state index is 13.8. The van der Waals surface area contributed by atoms with E-state index in [1.54, 1.807) is 23.1 Å². The number of nitrogens with one attached hydrogen (secondary N) is 2. The second-order valence-electron chi connectivity index (χ2n) is 10.1. The van der Waals surface area contributed by atoms with Crippen molar-refractivity contribution in [1.82, 2.24) is 14.8 Å². The predicted octanol–water partition coefficient (Wildman–Crippen LogP) is 5.96. The molecule has 0 saturated heterocycles. The molecule has 0 aliphatic carbocycles. The van der Waals surface area contributed by atoms with Gasteiger partial charge in [0.2, 0.25) is 5.91 Å². The summed E-state index contributed by atoms with van der Waals surface area (Å²) in [6, 6.07) is 16.9. The van der Waals surface area contributed by atoms with Gasteiger partial charge in [0.25, 0.3) is 0 Å². The molecule has 0 fully saturated rings. The average Bonchev–Trinajstić information content (AvgIpc) is 3.43. The molecule has 4 rings (SSSR count). The third-order valence-electron chi connectivity index (χ3n) is 7.11. The highest BCUT2D eigenvalue weighted by molar-refractivity contribution is 5.93. The van der Waals surface area contributed by atoms with Crippen LogP contribution < -0.4 is 14.8 Å². The lowest BCUT2D eigenvalue weighted by Gasteiger charge is -2.28. The van der Waals surface area contributed by atoms with Crippen LogP contribution in [-0.2, 0) is 28.7 Å². The topological polar surface area (TPSA) is 96.1 Å². The molecule has 44 heavy (non-hydrogen) atoms. The fourth-order valence-electron chi connectivity index (χ4n) is 4.70. The number of fused-ring (bicyclic) bond motifs is 1. The number of nitrogens with zero attached hydrogens (tertiary/aromatic N) is 2. The van der Waals surface area contributed by atoms with Crippen LogP contribution in [0.4, 0.5) is 23.7 Å². The van der Waals surface area contributed by atoms with E-state index in [0.717, 1.165) is 28.6 Å². The van der Waals surface area contributed by atoms with E-state index in [1.807, 2.05) is 30.5 Å². The largest absolute Gasteiger partial charge is 0.497 e. The molecular weight excluding hydrogens is 577 g/mol. The number of H-pyrrole nitrogens is 1. The number of aromatic nitrogens is 1. The first-order chi connectivity index (χ1) is 21.1. The van der Waals surface area contributed by atoms with Crippen LogP contribution >= 0.6 is 0 Å². The van der Waals surface area contributed by atoms with Crippen LogP contribution in [0.3, 0.4) is 0 Å². The van der Waals surface area contributed by atoms with E-state index >= 15 is 0 Å². The third-order valence-corrected chi connectivity index (χ3v) is 7.11. The van der Waals surface area contributed by atoms with Crippen LogP contribution in [-0.4, -0.2) is 74.3 Å². The molecule has 1 aromatic heterocycles. The summed E-state index contributed by atoms with van der Waals surface area (Å²) in [5.41, 5.74) is 2.12. The maximum absolute atomic E-state index is 13.8. The Hall–Kier alpha value is -4.71. The van der Waals surface area contributed by atoms with Gasteiger partial charge in [0, 0.05) is 67.7 Å². The van der Waals surface area contributed by atoms with Crippen molar-refractivity contribution in [3.05, 3.63) is 89.6 Å². The van der Waals surface area contributed by atoms with Crippen LogP contribution in [0.15, 0.2) is 72.9 Å². The van der Waals surface area contributed by atoms with E-state index in [9.17, 15) is 22.8 Å². The Morgan fingerprint density at radius 2 is 1.57 bits per heavy atom. The van der Waals surface area contributed by atoms with Crippen LogP contribution in [0.5, 0.6) is 11.5 Å². The van der Waals surface area contributed by atoms with Crippen molar-refractivity contribution in [2.45, 2.75) is 19.1 Å². The van der Waals surface area contributed by atoms with E-state index in [1.165, 1.54) is 38.4 Å². The van der Waals surface area contributed by atoms with Crippen molar-refractivity contribution in [3.63, 3.8) is 0 Å². The van der Waals surface area contributed by atoms with Crippen LogP contribution in [0.2, 0.25) is 0 Å². The van der Waals surface area contributed by atoms with Crippen LogP contribution in [0, 0.1) is 0 Å². The molecule has 0 saturated carbocycles. The van der Waals surface area contributed by atoms with Crippen molar-refractivity contribution in [2.24, 2.45) is 0 Å². The molecule has 0 atom stereocenters. The molecule has 0 unspecified atom stereocenters. The van der Waals surface area contributed by atoms with Gasteiger partial charge in [0.15, 0.2) is 0 Å². The number of hydrogen-bond acceptors (Lipinski definition) is 5. The van der Waals surface area contributed by atoms with Crippen LogP contribution in [0.1, 0.15) is 16.7 Å². The number of ether oxygens (including phenoxy) is 3. The van der Waals surface area contributed by atoms with Gasteiger partial charge in [-0.25, -0.2) is 4.79 Å². The first kappa shape index (κ1) is 32.2. The fraction of sp³-hybridized carbons (Fsp3) is 0.312. The Kier molecular flexibility index (Phi) is 10.7. The van der Waals surface area contributed by atoms with Crippen molar-refractivity contribution in [3.8, 4) is 11.5 Å². The summed E-state index contributed by atoms with van der Waals surface area (Å²) in [5.74, 6) is 0.567. The zero-order valence-corrected chi connectivity index (χ0v) is 24.7. The highest BCUT2D eigenvalue weighted by atomic mass is 19.4. The molecule has 0 aliphatic rings. The van der Waals surface area contributed by atoms with Gasteiger partial charge >= 0.3 is 12.2 Å². The quantitative estimate of drug-likeness (QED) is 0.194. The number of urea groups is 1. The van der Waals surface area contributed by atoms with Gasteiger partial charge in [-0.15, -0.1) is 0 Å². The van der Waals surface area contributed by atoms with Gasteiger partial charge in [-0.1, -0.05) is 30.3 Å². The smallest absolute Gasteiger partial charge is 0.416 e. The molecule has 1 heterocycles. The predicted molar refractivity (Wildman–Crippen MR) is 161 cm³/mol. The number of benzene rings is 3. The Morgan fingerprint density at radius 3 is 2.20 bits per heavy atom. The summed E-state index contributed by atoms with van der Waals surface area (Å²) < 4.78 is 55.2. The highest BCUT2D eigenvalue weighted by Gasteiger charge is 2.30. The van der Waals surface area contributed by atoms with Crippen molar-refractivity contribution >= 4 is 28.5 Å². The van der Waals surface area contributed by atoms with Gasteiger partial charge in [-0.3, -0.25) is 4.79 Å². The number of alkyl halides is 3.